The second-order valence-electron chi connectivity index (χ2n) is 7.97. The van der Waals surface area contributed by atoms with Gasteiger partial charge in [0.15, 0.2) is 0 Å². The van der Waals surface area contributed by atoms with E-state index in [-0.39, 0.29) is 33.4 Å². The number of phenolic OH excluding ortho intramolecular Hbond substituents is 1. The van der Waals surface area contributed by atoms with Crippen molar-refractivity contribution in [2.45, 2.75) is 17.5 Å². The van der Waals surface area contributed by atoms with Gasteiger partial charge in [0.25, 0.3) is 5.91 Å². The summed E-state index contributed by atoms with van der Waals surface area (Å²) >= 11 is 7.08. The lowest BCUT2D eigenvalue weighted by atomic mass is 10.0. The molecule has 0 aliphatic carbocycles. The number of primary amides is 1. The summed E-state index contributed by atoms with van der Waals surface area (Å²) in [6.45, 7) is -0.425. The zero-order valence-electron chi connectivity index (χ0n) is 19.9. The number of carboxylic acid groups (broad SMARTS) is 1. The van der Waals surface area contributed by atoms with Gasteiger partial charge in [-0.2, -0.15) is 0 Å². The second kappa shape index (κ2) is 11.5. The van der Waals surface area contributed by atoms with Gasteiger partial charge in [-0.3, -0.25) is 14.5 Å². The van der Waals surface area contributed by atoms with E-state index in [4.69, 9.17) is 17.3 Å². The first-order valence-corrected chi connectivity index (χ1v) is 12.2. The number of nitrogens with zero attached hydrogens (tertiary/aromatic N) is 2. The van der Waals surface area contributed by atoms with E-state index in [1.165, 1.54) is 25.2 Å². The van der Waals surface area contributed by atoms with Crippen molar-refractivity contribution in [3.63, 3.8) is 0 Å². The summed E-state index contributed by atoms with van der Waals surface area (Å²) in [5.41, 5.74) is 4.83. The molecule has 0 radical (unpaired) electrons. The number of carboxylic acids is 1. The Bertz CT molecular complexity index is 1240. The van der Waals surface area contributed by atoms with Crippen LogP contribution in [0.5, 0.6) is 5.75 Å². The molecule has 1 aromatic rings. The topological polar surface area (TPSA) is 221 Å². The minimum atomic E-state index is -1.46. The third kappa shape index (κ3) is 5.70. The molecular weight excluding hydrogens is 548 g/mol. The monoisotopic (exact) mass is 570 g/mol. The van der Waals surface area contributed by atoms with Gasteiger partial charge in [-0.1, -0.05) is 17.7 Å². The van der Waals surface area contributed by atoms with E-state index >= 15 is 0 Å². The summed E-state index contributed by atoms with van der Waals surface area (Å²) in [5, 5.41) is 25.6. The number of β-lactam (4-membered cyclic amide) rings is 1. The maximum absolute atomic E-state index is 13.3. The number of ether oxygens (including phenoxy) is 1. The maximum Gasteiger partial charge on any atom is 0.404 e. The Labute approximate surface area is 224 Å². The second-order valence-corrected chi connectivity index (χ2v) is 9.48. The summed E-state index contributed by atoms with van der Waals surface area (Å²) in [6.07, 6.45) is -1.11. The van der Waals surface area contributed by atoms with Crippen LogP contribution in [-0.2, 0) is 19.1 Å². The maximum atomic E-state index is 13.3. The van der Waals surface area contributed by atoms with Gasteiger partial charge in [0.2, 0.25) is 5.91 Å². The fourth-order valence-electron chi connectivity index (χ4n) is 3.67. The molecule has 1 aromatic carbocycles. The molecule has 0 saturated carbocycles. The van der Waals surface area contributed by atoms with Gasteiger partial charge in [0, 0.05) is 25.4 Å². The SMILES string of the molecule is CNC(=O)N(C)C(=O)NC(C(=O)NC1C(=O)N2C(C(=O)O)=C(COC(N)=O)CS[C@@H]12)c1ccc(O)c(Cl)c1. The molecule has 1 fully saturated rings. The first-order valence-electron chi connectivity index (χ1n) is 10.7. The lowest BCUT2D eigenvalue weighted by molar-refractivity contribution is -0.151. The van der Waals surface area contributed by atoms with Gasteiger partial charge in [-0.15, -0.1) is 11.8 Å². The molecule has 2 heterocycles. The lowest BCUT2D eigenvalue weighted by Crippen LogP contribution is -2.71. The number of fused-ring (bicyclic) bond motifs is 1. The lowest BCUT2D eigenvalue weighted by Gasteiger charge is -2.49. The number of hydrogen-bond donors (Lipinski definition) is 6. The van der Waals surface area contributed by atoms with Crippen molar-refractivity contribution >= 4 is 59.3 Å². The number of rotatable bonds is 7. The highest BCUT2D eigenvalue weighted by atomic mass is 35.5. The molecule has 15 nitrogen and oxygen atoms in total. The minimum absolute atomic E-state index is 0.0698. The molecule has 2 aliphatic rings. The highest BCUT2D eigenvalue weighted by Gasteiger charge is 2.54. The third-order valence-corrected chi connectivity index (χ3v) is 7.24. The van der Waals surface area contributed by atoms with Gasteiger partial charge in [-0.25, -0.2) is 24.1 Å². The van der Waals surface area contributed by atoms with Gasteiger partial charge in [0.1, 0.15) is 35.5 Å². The average Bonchev–Trinajstić information content (AvgIpc) is 2.88. The molecule has 3 rings (SSSR count). The number of nitrogens with two attached hydrogens (primary N) is 1. The van der Waals surface area contributed by atoms with Crippen molar-refractivity contribution < 1.29 is 43.7 Å². The predicted molar refractivity (Wildman–Crippen MR) is 132 cm³/mol. The van der Waals surface area contributed by atoms with Crippen LogP contribution in [0.1, 0.15) is 11.6 Å². The fourth-order valence-corrected chi connectivity index (χ4v) is 5.19. The summed E-state index contributed by atoms with van der Waals surface area (Å²) < 4.78 is 4.67. The highest BCUT2D eigenvalue weighted by molar-refractivity contribution is 8.00. The number of amides is 7. The van der Waals surface area contributed by atoms with E-state index in [2.05, 4.69) is 20.7 Å². The molecule has 0 aromatic heterocycles. The molecule has 2 aliphatic heterocycles. The smallest absolute Gasteiger partial charge is 0.404 e. The Hall–Kier alpha value is -4.18. The van der Waals surface area contributed by atoms with E-state index in [0.717, 1.165) is 23.7 Å². The van der Waals surface area contributed by atoms with Crippen LogP contribution >= 0.6 is 23.4 Å². The number of hydrogen-bond acceptors (Lipinski definition) is 9. The summed E-state index contributed by atoms with van der Waals surface area (Å²) in [6, 6.07) is -0.621. The molecule has 38 heavy (non-hydrogen) atoms. The number of thioether (sulfide) groups is 1. The van der Waals surface area contributed by atoms with Gasteiger partial charge < -0.3 is 36.6 Å². The highest BCUT2D eigenvalue weighted by Crippen LogP contribution is 2.40. The Morgan fingerprint density at radius 3 is 2.55 bits per heavy atom. The molecule has 204 valence electrons. The number of aliphatic carboxylic acids is 1. The van der Waals surface area contributed by atoms with Gasteiger partial charge in [0.05, 0.1) is 5.02 Å². The molecule has 0 bridgehead atoms. The Morgan fingerprint density at radius 2 is 1.97 bits per heavy atom. The van der Waals surface area contributed by atoms with Crippen LogP contribution in [0.15, 0.2) is 29.5 Å². The van der Waals surface area contributed by atoms with Crippen molar-refractivity contribution in [3.8, 4) is 5.75 Å². The number of aromatic hydroxyl groups is 1. The number of urea groups is 2. The molecule has 3 atom stereocenters. The molecule has 1 saturated heterocycles. The number of phenols is 1. The first-order chi connectivity index (χ1) is 17.9. The Kier molecular flexibility index (Phi) is 8.57. The number of carbonyl (C=O) groups excluding carboxylic acids is 5. The molecule has 0 spiro atoms. The predicted octanol–water partition coefficient (Wildman–Crippen LogP) is -0.0986. The number of carbonyl (C=O) groups is 6. The number of nitrogens with one attached hydrogen (secondary N) is 3. The number of benzene rings is 1. The standard InChI is InChI=1S/C21H23ClN6O9S/c1-24-20(35)27(2)21(36)26-12(8-3-4-11(29)10(22)5-8)15(30)25-13-16(31)28-14(18(32)33)9(6-37-19(23)34)7-38-17(13)28/h3-5,12-13,17,29H,6-7H2,1-2H3,(H2,23,34)(H,24,35)(H,25,30)(H,26,36)(H,32,33)/t12?,13?,17-/m0/s1. The quantitative estimate of drug-likeness (QED) is 0.239. The fraction of sp³-hybridized carbons (Fsp3) is 0.333. The number of imide groups is 1. The summed E-state index contributed by atoms with van der Waals surface area (Å²) in [7, 11) is 2.47. The van der Waals surface area contributed by atoms with E-state index in [0.29, 0.717) is 4.90 Å². The van der Waals surface area contributed by atoms with E-state index in [1.54, 1.807) is 0 Å². The molecule has 2 unspecified atom stereocenters. The van der Waals surface area contributed by atoms with Crippen molar-refractivity contribution in [2.24, 2.45) is 5.73 Å². The third-order valence-electron chi connectivity index (χ3n) is 5.59. The Balaban J connectivity index is 1.84. The van der Waals surface area contributed by atoms with Gasteiger partial charge >= 0.3 is 24.1 Å². The first kappa shape index (κ1) is 28.4. The van der Waals surface area contributed by atoms with Gasteiger partial charge in [-0.05, 0) is 17.7 Å². The van der Waals surface area contributed by atoms with Crippen LogP contribution in [0, 0.1) is 0 Å². The Morgan fingerprint density at radius 1 is 1.29 bits per heavy atom. The van der Waals surface area contributed by atoms with E-state index in [1.807, 2.05) is 0 Å². The van der Waals surface area contributed by atoms with Crippen LogP contribution in [0.4, 0.5) is 14.4 Å². The van der Waals surface area contributed by atoms with Crippen LogP contribution in [0.2, 0.25) is 5.02 Å². The van der Waals surface area contributed by atoms with E-state index < -0.39 is 60.0 Å². The molecule has 17 heteroatoms. The van der Waals surface area contributed by atoms with Crippen LogP contribution in [-0.4, -0.2) is 93.8 Å². The van der Waals surface area contributed by atoms with Crippen LogP contribution in [0.3, 0.4) is 0 Å². The van der Waals surface area contributed by atoms with Crippen molar-refractivity contribution in [2.75, 3.05) is 26.5 Å². The van der Waals surface area contributed by atoms with Crippen LogP contribution < -0.4 is 21.7 Å². The number of halogens is 1. The minimum Gasteiger partial charge on any atom is -0.506 e. The molecule has 7 amide bonds. The summed E-state index contributed by atoms with van der Waals surface area (Å²) in [4.78, 5) is 75.1. The van der Waals surface area contributed by atoms with Crippen molar-refractivity contribution in [1.82, 2.24) is 25.8 Å². The summed E-state index contributed by atoms with van der Waals surface area (Å²) in [5.74, 6) is -3.26. The van der Waals surface area contributed by atoms with Crippen LogP contribution in [0.25, 0.3) is 0 Å². The molecular formula is C21H23ClN6O9S. The zero-order valence-corrected chi connectivity index (χ0v) is 21.5. The average molecular weight is 571 g/mol. The molecule has 7 N–H and O–H groups in total. The van der Waals surface area contributed by atoms with E-state index in [9.17, 15) is 39.0 Å². The largest absolute Gasteiger partial charge is 0.506 e. The zero-order chi connectivity index (χ0) is 28.3. The normalized spacial score (nSPS) is 18.9. The van der Waals surface area contributed by atoms with Crippen molar-refractivity contribution in [3.05, 3.63) is 40.1 Å². The van der Waals surface area contributed by atoms with Crippen molar-refractivity contribution in [1.29, 1.82) is 0 Å².